The Kier molecular flexibility index (Phi) is 1.29. The lowest BCUT2D eigenvalue weighted by molar-refractivity contribution is 0.279. The summed E-state index contributed by atoms with van der Waals surface area (Å²) in [5, 5.41) is 3.39. The van der Waals surface area contributed by atoms with Crippen molar-refractivity contribution in [3.63, 3.8) is 0 Å². The summed E-state index contributed by atoms with van der Waals surface area (Å²) >= 11 is 0. The van der Waals surface area contributed by atoms with Gasteiger partial charge in [0.1, 0.15) is 0 Å². The van der Waals surface area contributed by atoms with Crippen LogP contribution in [0.2, 0.25) is 0 Å². The lowest BCUT2D eigenvalue weighted by Crippen LogP contribution is -2.42. The molecule has 66 valence electrons. The highest BCUT2D eigenvalue weighted by molar-refractivity contribution is 5.80. The lowest BCUT2D eigenvalue weighted by atomic mass is 9.84. The monoisotopic (exact) mass is 164 g/mol. The normalized spacial score (nSPS) is 49.9. The van der Waals surface area contributed by atoms with Crippen molar-refractivity contribution in [2.24, 2.45) is 22.7 Å². The highest BCUT2D eigenvalue weighted by atomic mass is 15.1. The van der Waals surface area contributed by atoms with E-state index in [9.17, 15) is 0 Å². The first-order chi connectivity index (χ1) is 5.84. The van der Waals surface area contributed by atoms with Gasteiger partial charge in [0.25, 0.3) is 0 Å². The van der Waals surface area contributed by atoms with E-state index >= 15 is 0 Å². The van der Waals surface area contributed by atoms with E-state index in [0.717, 1.165) is 17.8 Å². The Morgan fingerprint density at radius 3 is 3.08 bits per heavy atom. The molecule has 2 fully saturated rings. The van der Waals surface area contributed by atoms with E-state index in [0.29, 0.717) is 6.04 Å². The average Bonchev–Trinajstić information content (AvgIpc) is 2.63. The van der Waals surface area contributed by atoms with Gasteiger partial charge in [-0.25, -0.2) is 0 Å². The smallest absolute Gasteiger partial charge is 0.0935 e. The second kappa shape index (κ2) is 2.24. The molecule has 2 heteroatoms. The standard InChI is InChI=1S/C10H16N2/c1-6-11-5-9-7-2-3-8(4-7)10(9)12-6/h7-10H,2-5H2,1H3,(H,11,12)/t7-,8+,9+,10-/m0/s1. The number of aliphatic imine (C=N–C) groups is 1. The van der Waals surface area contributed by atoms with E-state index in [1.54, 1.807) is 0 Å². The van der Waals surface area contributed by atoms with Gasteiger partial charge in [-0.3, -0.25) is 4.99 Å². The van der Waals surface area contributed by atoms with E-state index in [1.165, 1.54) is 31.6 Å². The maximum atomic E-state index is 4.73. The highest BCUT2D eigenvalue weighted by Gasteiger charge is 2.48. The fraction of sp³-hybridized carbons (Fsp3) is 0.900. The van der Waals surface area contributed by atoms with E-state index in [2.05, 4.69) is 12.2 Å². The Morgan fingerprint density at radius 2 is 2.17 bits per heavy atom. The van der Waals surface area contributed by atoms with Crippen molar-refractivity contribution in [1.29, 1.82) is 0 Å². The predicted molar refractivity (Wildman–Crippen MR) is 49.2 cm³/mol. The van der Waals surface area contributed by atoms with Crippen molar-refractivity contribution in [2.45, 2.75) is 32.2 Å². The van der Waals surface area contributed by atoms with Crippen molar-refractivity contribution in [3.8, 4) is 0 Å². The van der Waals surface area contributed by atoms with Gasteiger partial charge in [0.05, 0.1) is 11.9 Å². The van der Waals surface area contributed by atoms with Crippen LogP contribution in [-0.2, 0) is 0 Å². The first-order valence-corrected chi connectivity index (χ1v) is 5.13. The Labute approximate surface area is 73.5 Å². The summed E-state index contributed by atoms with van der Waals surface area (Å²) < 4.78 is 0. The number of hydrogen-bond donors (Lipinski definition) is 1. The molecule has 0 saturated heterocycles. The van der Waals surface area contributed by atoms with Crippen molar-refractivity contribution in [3.05, 3.63) is 0 Å². The van der Waals surface area contributed by atoms with Crippen LogP contribution in [0.15, 0.2) is 4.99 Å². The number of rotatable bonds is 0. The maximum Gasteiger partial charge on any atom is 0.0935 e. The van der Waals surface area contributed by atoms with Crippen molar-refractivity contribution in [1.82, 2.24) is 5.32 Å². The van der Waals surface area contributed by atoms with Crippen LogP contribution in [0.5, 0.6) is 0 Å². The van der Waals surface area contributed by atoms with Crippen molar-refractivity contribution < 1.29 is 0 Å². The minimum atomic E-state index is 0.699. The first kappa shape index (κ1) is 6.93. The Bertz CT molecular complexity index is 234. The number of nitrogens with zero attached hydrogens (tertiary/aromatic N) is 1. The molecule has 0 radical (unpaired) electrons. The van der Waals surface area contributed by atoms with Crippen LogP contribution in [0.1, 0.15) is 26.2 Å². The number of amidine groups is 1. The zero-order valence-electron chi connectivity index (χ0n) is 7.59. The van der Waals surface area contributed by atoms with Crippen LogP contribution >= 0.6 is 0 Å². The average molecular weight is 164 g/mol. The van der Waals surface area contributed by atoms with Crippen molar-refractivity contribution >= 4 is 5.84 Å². The second-order valence-corrected chi connectivity index (χ2v) is 4.58. The van der Waals surface area contributed by atoms with Gasteiger partial charge in [0, 0.05) is 12.5 Å². The van der Waals surface area contributed by atoms with Crippen LogP contribution in [0.4, 0.5) is 0 Å². The van der Waals surface area contributed by atoms with E-state index < -0.39 is 0 Å². The first-order valence-electron chi connectivity index (χ1n) is 5.13. The molecule has 3 aliphatic rings. The van der Waals surface area contributed by atoms with E-state index in [4.69, 9.17) is 4.99 Å². The van der Waals surface area contributed by atoms with Crippen molar-refractivity contribution in [2.75, 3.05) is 6.54 Å². The molecule has 1 N–H and O–H groups in total. The quantitative estimate of drug-likeness (QED) is 0.575. The summed E-state index contributed by atoms with van der Waals surface area (Å²) in [4.78, 5) is 4.73. The summed E-state index contributed by atoms with van der Waals surface area (Å²) in [7, 11) is 0. The number of hydrogen-bond acceptors (Lipinski definition) is 2. The molecule has 0 spiro atoms. The molecule has 1 aliphatic heterocycles. The fourth-order valence-corrected chi connectivity index (χ4v) is 3.40. The number of fused-ring (bicyclic) bond motifs is 5. The Morgan fingerprint density at radius 1 is 1.33 bits per heavy atom. The molecule has 3 rings (SSSR count). The molecule has 0 aromatic heterocycles. The molecule has 2 bridgehead atoms. The second-order valence-electron chi connectivity index (χ2n) is 4.58. The lowest BCUT2D eigenvalue weighted by Gasteiger charge is -2.32. The molecule has 0 unspecified atom stereocenters. The van der Waals surface area contributed by atoms with E-state index in [1.807, 2.05) is 0 Å². The third kappa shape index (κ3) is 0.782. The van der Waals surface area contributed by atoms with Crippen LogP contribution in [0.25, 0.3) is 0 Å². The van der Waals surface area contributed by atoms with Gasteiger partial charge in [0.15, 0.2) is 0 Å². The van der Waals surface area contributed by atoms with Gasteiger partial charge >= 0.3 is 0 Å². The molecule has 0 amide bonds. The molecule has 4 atom stereocenters. The molecule has 2 nitrogen and oxygen atoms in total. The van der Waals surface area contributed by atoms with Crippen LogP contribution in [-0.4, -0.2) is 18.4 Å². The van der Waals surface area contributed by atoms with Crippen LogP contribution in [0, 0.1) is 17.8 Å². The van der Waals surface area contributed by atoms with Crippen LogP contribution in [0.3, 0.4) is 0 Å². The molecule has 1 heterocycles. The van der Waals surface area contributed by atoms with Gasteiger partial charge in [-0.1, -0.05) is 0 Å². The minimum absolute atomic E-state index is 0.699. The fourth-order valence-electron chi connectivity index (χ4n) is 3.40. The van der Waals surface area contributed by atoms with E-state index in [-0.39, 0.29) is 0 Å². The zero-order chi connectivity index (χ0) is 8.13. The maximum absolute atomic E-state index is 4.73. The Balaban J connectivity index is 1.92. The molecule has 2 aliphatic carbocycles. The predicted octanol–water partition coefficient (Wildman–Crippen LogP) is 1.42. The molecular formula is C10H16N2. The summed E-state index contributed by atoms with van der Waals surface area (Å²) in [6.45, 7) is 3.30. The topological polar surface area (TPSA) is 24.4 Å². The largest absolute Gasteiger partial charge is 0.374 e. The summed E-state index contributed by atoms with van der Waals surface area (Å²) in [6.07, 6.45) is 4.39. The SMILES string of the molecule is CC1=N[C@H]2[C@@H]3CC[C@@H](C3)[C@H]2CN1. The van der Waals surface area contributed by atoms with Gasteiger partial charge < -0.3 is 5.32 Å². The Hall–Kier alpha value is -0.530. The molecule has 2 saturated carbocycles. The zero-order valence-corrected chi connectivity index (χ0v) is 7.59. The molecule has 12 heavy (non-hydrogen) atoms. The number of nitrogens with one attached hydrogen (secondary N) is 1. The highest BCUT2D eigenvalue weighted by Crippen LogP contribution is 2.50. The van der Waals surface area contributed by atoms with Crippen LogP contribution < -0.4 is 5.32 Å². The summed E-state index contributed by atoms with van der Waals surface area (Å²) in [5.74, 6) is 4.00. The minimum Gasteiger partial charge on any atom is -0.374 e. The molecule has 0 aromatic carbocycles. The molecular weight excluding hydrogens is 148 g/mol. The third-order valence-corrected chi connectivity index (χ3v) is 3.98. The summed E-state index contributed by atoms with van der Waals surface area (Å²) in [5.41, 5.74) is 0. The summed E-state index contributed by atoms with van der Waals surface area (Å²) in [6, 6.07) is 0.699. The van der Waals surface area contributed by atoms with Gasteiger partial charge in [0.2, 0.25) is 0 Å². The van der Waals surface area contributed by atoms with Gasteiger partial charge in [-0.05, 0) is 38.0 Å². The van der Waals surface area contributed by atoms with Gasteiger partial charge in [-0.15, -0.1) is 0 Å². The molecule has 0 aromatic rings. The van der Waals surface area contributed by atoms with Gasteiger partial charge in [-0.2, -0.15) is 0 Å². The third-order valence-electron chi connectivity index (χ3n) is 3.98.